The van der Waals surface area contributed by atoms with Gasteiger partial charge in [0.2, 0.25) is 11.7 Å². The molecule has 6 nitrogen and oxygen atoms in total. The average Bonchev–Trinajstić information content (AvgIpc) is 3.11. The maximum atomic E-state index is 14.8. The van der Waals surface area contributed by atoms with E-state index in [4.69, 9.17) is 4.74 Å². The van der Waals surface area contributed by atoms with Crippen molar-refractivity contribution in [3.05, 3.63) is 23.3 Å². The van der Waals surface area contributed by atoms with Gasteiger partial charge in [0.25, 0.3) is 6.43 Å². The number of nitrogens with zero attached hydrogens (tertiary/aromatic N) is 2. The fraction of sp³-hybridized carbons (Fsp3) is 0.652. The number of benzene rings is 1. The Hall–Kier alpha value is -2.43. The van der Waals surface area contributed by atoms with E-state index in [0.29, 0.717) is 24.8 Å². The third-order valence-electron chi connectivity index (χ3n) is 6.15. The van der Waals surface area contributed by atoms with Crippen LogP contribution in [0.4, 0.5) is 22.0 Å². The first-order valence-electron chi connectivity index (χ1n) is 11.4. The van der Waals surface area contributed by atoms with E-state index in [-0.39, 0.29) is 23.6 Å². The molecule has 1 amide bonds. The highest BCUT2D eigenvalue weighted by atomic mass is 19.3. The number of imidazole rings is 1. The molecule has 0 unspecified atom stereocenters. The second-order valence-corrected chi connectivity index (χ2v) is 8.87. The summed E-state index contributed by atoms with van der Waals surface area (Å²) in [4.78, 5) is 15.2. The molecule has 2 aromatic rings. The van der Waals surface area contributed by atoms with Crippen LogP contribution < -0.4 is 10.1 Å². The Morgan fingerprint density at radius 3 is 2.41 bits per heavy atom. The minimum absolute atomic E-state index is 0.0558. The van der Waals surface area contributed by atoms with Gasteiger partial charge in [-0.25, -0.2) is 22.5 Å². The van der Waals surface area contributed by atoms with Crippen molar-refractivity contribution in [1.82, 2.24) is 14.9 Å². The average molecular weight is 492 g/mol. The van der Waals surface area contributed by atoms with E-state index in [2.05, 4.69) is 15.0 Å². The SMILES string of the molecule is CC(=O)N[C@@H](C)COC1CCC(CCc2nc3c(F)c(F)c(OCC(F)F)c(F)c3n2C)CC1. The molecule has 1 saturated carbocycles. The molecule has 1 aromatic carbocycles. The molecule has 0 bridgehead atoms. The normalized spacial score (nSPS) is 19.6. The number of rotatable bonds is 10. The molecule has 1 fully saturated rings. The number of amides is 1. The van der Waals surface area contributed by atoms with Gasteiger partial charge in [0.05, 0.1) is 12.7 Å². The third-order valence-corrected chi connectivity index (χ3v) is 6.15. The standard InChI is InChI=1S/C23H30F5N3O3/c1-12(29-13(2)32)10-33-15-7-4-14(5-8-15)6-9-17-30-21-18(26)19(27)23(34-11-16(24)25)20(28)22(21)31(17)3/h12,14-16H,4-11H2,1-3H3,(H,29,32)/t12-,14?,15?/m0/s1. The zero-order valence-corrected chi connectivity index (χ0v) is 19.5. The Morgan fingerprint density at radius 2 is 1.79 bits per heavy atom. The molecular weight excluding hydrogens is 461 g/mol. The Morgan fingerprint density at radius 1 is 1.12 bits per heavy atom. The number of hydrogen-bond acceptors (Lipinski definition) is 4. The second kappa shape index (κ2) is 11.3. The molecule has 1 N–H and O–H groups in total. The van der Waals surface area contributed by atoms with Crippen molar-refractivity contribution in [3.8, 4) is 5.75 Å². The van der Waals surface area contributed by atoms with Crippen molar-refractivity contribution >= 4 is 16.9 Å². The molecule has 1 heterocycles. The van der Waals surface area contributed by atoms with Crippen molar-refractivity contribution in [1.29, 1.82) is 0 Å². The first-order chi connectivity index (χ1) is 16.1. The number of ether oxygens (including phenoxy) is 2. The van der Waals surface area contributed by atoms with Gasteiger partial charge in [-0.05, 0) is 44.9 Å². The fourth-order valence-corrected chi connectivity index (χ4v) is 4.44. The molecule has 11 heteroatoms. The topological polar surface area (TPSA) is 65.4 Å². The molecule has 0 spiro atoms. The third kappa shape index (κ3) is 6.17. The van der Waals surface area contributed by atoms with Crippen molar-refractivity contribution in [2.75, 3.05) is 13.2 Å². The van der Waals surface area contributed by atoms with Crippen LogP contribution in [0.25, 0.3) is 11.0 Å². The van der Waals surface area contributed by atoms with E-state index in [1.165, 1.54) is 18.5 Å². The summed E-state index contributed by atoms with van der Waals surface area (Å²) < 4.78 is 80.0. The van der Waals surface area contributed by atoms with Gasteiger partial charge in [0.15, 0.2) is 17.4 Å². The Bertz CT molecular complexity index is 1010. The smallest absolute Gasteiger partial charge is 0.272 e. The monoisotopic (exact) mass is 491 g/mol. The van der Waals surface area contributed by atoms with Crippen molar-refractivity contribution in [2.24, 2.45) is 13.0 Å². The molecule has 34 heavy (non-hydrogen) atoms. The molecule has 1 atom stereocenters. The summed E-state index contributed by atoms with van der Waals surface area (Å²) >= 11 is 0. The van der Waals surface area contributed by atoms with Crippen LogP contribution in [0.3, 0.4) is 0 Å². The number of halogens is 5. The highest BCUT2D eigenvalue weighted by Crippen LogP contribution is 2.34. The molecule has 1 aromatic heterocycles. The number of hydrogen-bond donors (Lipinski definition) is 1. The molecule has 190 valence electrons. The van der Waals surface area contributed by atoms with Crippen LogP contribution in [0, 0.1) is 23.4 Å². The maximum absolute atomic E-state index is 14.8. The van der Waals surface area contributed by atoms with Crippen LogP contribution in [-0.4, -0.2) is 47.2 Å². The number of carbonyl (C=O) groups is 1. The molecule has 3 rings (SSSR count). The Balaban J connectivity index is 1.60. The van der Waals surface area contributed by atoms with Gasteiger partial charge >= 0.3 is 0 Å². The lowest BCUT2D eigenvalue weighted by molar-refractivity contribution is -0.120. The number of nitrogens with one attached hydrogen (secondary N) is 1. The van der Waals surface area contributed by atoms with Gasteiger partial charge in [0, 0.05) is 26.4 Å². The van der Waals surface area contributed by atoms with Gasteiger partial charge in [-0.1, -0.05) is 0 Å². The van der Waals surface area contributed by atoms with E-state index in [1.807, 2.05) is 6.92 Å². The first kappa shape index (κ1) is 26.2. The number of fused-ring (bicyclic) bond motifs is 1. The minimum atomic E-state index is -2.96. The van der Waals surface area contributed by atoms with Gasteiger partial charge in [-0.3, -0.25) is 4.79 Å². The first-order valence-corrected chi connectivity index (χ1v) is 11.4. The van der Waals surface area contributed by atoms with Gasteiger partial charge in [-0.2, -0.15) is 4.39 Å². The predicted molar refractivity (Wildman–Crippen MR) is 115 cm³/mol. The van der Waals surface area contributed by atoms with E-state index < -0.39 is 41.8 Å². The lowest BCUT2D eigenvalue weighted by atomic mass is 9.84. The van der Waals surface area contributed by atoms with Crippen molar-refractivity contribution < 1.29 is 36.2 Å². The largest absolute Gasteiger partial charge is 0.481 e. The van der Waals surface area contributed by atoms with Crippen LogP contribution >= 0.6 is 0 Å². The van der Waals surface area contributed by atoms with Crippen LogP contribution in [0.5, 0.6) is 5.75 Å². The van der Waals surface area contributed by atoms with Gasteiger partial charge < -0.3 is 19.4 Å². The van der Waals surface area contributed by atoms with Crippen LogP contribution in [0.2, 0.25) is 0 Å². The second-order valence-electron chi connectivity index (χ2n) is 8.87. The van der Waals surface area contributed by atoms with Crippen LogP contribution in [0.1, 0.15) is 51.8 Å². The number of aromatic nitrogens is 2. The van der Waals surface area contributed by atoms with E-state index in [9.17, 15) is 26.7 Å². The minimum Gasteiger partial charge on any atom is -0.481 e. The summed E-state index contributed by atoms with van der Waals surface area (Å²) in [6.45, 7) is 2.55. The van der Waals surface area contributed by atoms with E-state index in [1.54, 1.807) is 0 Å². The zero-order chi connectivity index (χ0) is 25.0. The zero-order valence-electron chi connectivity index (χ0n) is 19.5. The predicted octanol–water partition coefficient (Wildman–Crippen LogP) is 4.67. The summed E-state index contributed by atoms with van der Waals surface area (Å²) in [6.07, 6.45) is 1.92. The molecule has 0 aliphatic heterocycles. The lowest BCUT2D eigenvalue weighted by Crippen LogP contribution is -2.36. The molecule has 0 radical (unpaired) electrons. The summed E-state index contributed by atoms with van der Waals surface area (Å²) in [7, 11) is 1.48. The van der Waals surface area contributed by atoms with Crippen LogP contribution in [-0.2, 0) is 23.0 Å². The summed E-state index contributed by atoms with van der Waals surface area (Å²) in [6, 6.07) is -0.0558. The molecule has 1 aliphatic carbocycles. The van der Waals surface area contributed by atoms with E-state index in [0.717, 1.165) is 32.1 Å². The summed E-state index contributed by atoms with van der Waals surface area (Å²) in [5, 5.41) is 2.78. The quantitative estimate of drug-likeness (QED) is 0.388. The summed E-state index contributed by atoms with van der Waals surface area (Å²) in [5.74, 6) is -4.84. The molecule has 1 aliphatic rings. The van der Waals surface area contributed by atoms with Crippen LogP contribution in [0.15, 0.2) is 0 Å². The van der Waals surface area contributed by atoms with Crippen molar-refractivity contribution in [3.63, 3.8) is 0 Å². The number of aryl methyl sites for hydroxylation is 2. The Labute approximate surface area is 194 Å². The van der Waals surface area contributed by atoms with Gasteiger partial charge in [0.1, 0.15) is 23.5 Å². The molecule has 0 saturated heterocycles. The molecular formula is C23H30F5N3O3. The lowest BCUT2D eigenvalue weighted by Gasteiger charge is -2.29. The number of alkyl halides is 2. The van der Waals surface area contributed by atoms with Crippen molar-refractivity contribution in [2.45, 2.75) is 70.9 Å². The summed E-state index contributed by atoms with van der Waals surface area (Å²) in [5.41, 5.74) is -0.800. The van der Waals surface area contributed by atoms with Gasteiger partial charge in [-0.15, -0.1) is 0 Å². The maximum Gasteiger partial charge on any atom is 0.272 e. The Kier molecular flexibility index (Phi) is 8.72. The highest BCUT2D eigenvalue weighted by molar-refractivity contribution is 5.79. The van der Waals surface area contributed by atoms with E-state index >= 15 is 0 Å². The fourth-order valence-electron chi connectivity index (χ4n) is 4.44. The highest BCUT2D eigenvalue weighted by Gasteiger charge is 2.28. The number of carbonyl (C=O) groups excluding carboxylic acids is 1.